The summed E-state index contributed by atoms with van der Waals surface area (Å²) < 4.78 is 0. The molecule has 0 aromatic carbocycles. The van der Waals surface area contributed by atoms with Gasteiger partial charge in [0.05, 0.1) is 5.92 Å². The summed E-state index contributed by atoms with van der Waals surface area (Å²) in [7, 11) is 0. The van der Waals surface area contributed by atoms with Gasteiger partial charge in [0.2, 0.25) is 5.91 Å². The predicted molar refractivity (Wildman–Crippen MR) is 48.6 cm³/mol. The van der Waals surface area contributed by atoms with Crippen LogP contribution in [0.3, 0.4) is 0 Å². The van der Waals surface area contributed by atoms with Crippen LogP contribution < -0.4 is 11.5 Å². The van der Waals surface area contributed by atoms with Crippen molar-refractivity contribution in [3.63, 3.8) is 0 Å². The topological polar surface area (TPSA) is 69.1 Å². The number of hydrogen-bond donors (Lipinski definition) is 2. The maximum absolute atomic E-state index is 10.9. The van der Waals surface area contributed by atoms with Gasteiger partial charge in [-0.2, -0.15) is 0 Å². The Morgan fingerprint density at radius 1 is 1.33 bits per heavy atom. The first-order valence-electron chi connectivity index (χ1n) is 3.93. The lowest BCUT2D eigenvalue weighted by molar-refractivity contribution is -0.122. The molecule has 2 rings (SSSR count). The first-order valence-corrected chi connectivity index (χ1v) is 3.93. The smallest absolute Gasteiger partial charge is 0.222 e. The van der Waals surface area contributed by atoms with Crippen LogP contribution >= 0.6 is 12.4 Å². The van der Waals surface area contributed by atoms with Crippen molar-refractivity contribution in [2.45, 2.75) is 12.5 Å². The summed E-state index contributed by atoms with van der Waals surface area (Å²) in [4.78, 5) is 10.9. The van der Waals surface area contributed by atoms with Crippen molar-refractivity contribution in [2.24, 2.45) is 29.2 Å². The van der Waals surface area contributed by atoms with E-state index in [2.05, 4.69) is 12.2 Å². The Bertz CT molecular complexity index is 229. The number of allylic oxidation sites excluding steroid dienone is 1. The molecule has 2 bridgehead atoms. The third-order valence-electron chi connectivity index (χ3n) is 2.85. The number of halogens is 1. The number of primary amides is 1. The van der Waals surface area contributed by atoms with Crippen LogP contribution in [0.25, 0.3) is 0 Å². The lowest BCUT2D eigenvalue weighted by Gasteiger charge is -2.20. The van der Waals surface area contributed by atoms with E-state index in [1.165, 1.54) is 0 Å². The summed E-state index contributed by atoms with van der Waals surface area (Å²) in [5, 5.41) is 0. The highest BCUT2D eigenvalue weighted by Crippen LogP contribution is 2.42. The fourth-order valence-corrected chi connectivity index (χ4v) is 2.26. The largest absolute Gasteiger partial charge is 0.369 e. The Morgan fingerprint density at radius 3 is 2.25 bits per heavy atom. The van der Waals surface area contributed by atoms with Crippen molar-refractivity contribution in [2.75, 3.05) is 0 Å². The zero-order valence-corrected chi connectivity index (χ0v) is 7.46. The van der Waals surface area contributed by atoms with Crippen LogP contribution in [-0.2, 0) is 4.79 Å². The Hall–Kier alpha value is -0.540. The van der Waals surface area contributed by atoms with Crippen molar-refractivity contribution in [1.29, 1.82) is 0 Å². The molecule has 4 atom stereocenters. The highest BCUT2D eigenvalue weighted by atomic mass is 35.5. The SMILES string of the molecule is Cl.NC(=O)C1C2C=CC(C2)C1N. The molecule has 68 valence electrons. The standard InChI is InChI=1S/C8H12N2O.ClH/c9-7-5-2-1-4(3-5)6(7)8(10)11;/h1-2,4-7H,3,9H2,(H2,10,11);1H. The number of hydrogen-bond acceptors (Lipinski definition) is 2. The van der Waals surface area contributed by atoms with Gasteiger partial charge in [0, 0.05) is 6.04 Å². The Kier molecular flexibility index (Phi) is 2.44. The van der Waals surface area contributed by atoms with Crippen molar-refractivity contribution >= 4 is 18.3 Å². The second-order valence-corrected chi connectivity index (χ2v) is 3.45. The quantitative estimate of drug-likeness (QED) is 0.571. The molecule has 2 aliphatic carbocycles. The number of carbonyl (C=O) groups excluding carboxylic acids is 1. The number of nitrogens with two attached hydrogens (primary N) is 2. The first kappa shape index (κ1) is 9.55. The second kappa shape index (κ2) is 3.07. The molecule has 0 saturated heterocycles. The van der Waals surface area contributed by atoms with Crippen molar-refractivity contribution in [1.82, 2.24) is 0 Å². The van der Waals surface area contributed by atoms with Crippen LogP contribution in [0.2, 0.25) is 0 Å². The minimum atomic E-state index is -0.241. The molecule has 4 heteroatoms. The maximum Gasteiger partial charge on any atom is 0.222 e. The Labute approximate surface area is 77.6 Å². The molecule has 0 aliphatic heterocycles. The fraction of sp³-hybridized carbons (Fsp3) is 0.625. The number of carbonyl (C=O) groups is 1. The summed E-state index contributed by atoms with van der Waals surface area (Å²) in [6.45, 7) is 0. The van der Waals surface area contributed by atoms with Gasteiger partial charge in [-0.25, -0.2) is 0 Å². The van der Waals surface area contributed by atoms with Crippen molar-refractivity contribution < 1.29 is 4.79 Å². The van der Waals surface area contributed by atoms with Crippen molar-refractivity contribution in [3.8, 4) is 0 Å². The predicted octanol–water partition coefficient (Wildman–Crippen LogP) is 0.0429. The van der Waals surface area contributed by atoms with E-state index in [1.54, 1.807) is 0 Å². The van der Waals surface area contributed by atoms with E-state index < -0.39 is 0 Å². The number of fused-ring (bicyclic) bond motifs is 2. The van der Waals surface area contributed by atoms with Gasteiger partial charge in [-0.3, -0.25) is 4.79 Å². The van der Waals surface area contributed by atoms with Crippen LogP contribution in [-0.4, -0.2) is 11.9 Å². The molecular formula is C8H13ClN2O. The molecule has 0 aromatic rings. The zero-order chi connectivity index (χ0) is 8.01. The monoisotopic (exact) mass is 188 g/mol. The first-order chi connectivity index (χ1) is 5.20. The van der Waals surface area contributed by atoms with Crippen molar-refractivity contribution in [3.05, 3.63) is 12.2 Å². The molecule has 0 heterocycles. The number of rotatable bonds is 1. The van der Waals surface area contributed by atoms with Gasteiger partial charge < -0.3 is 11.5 Å². The molecule has 4 unspecified atom stereocenters. The maximum atomic E-state index is 10.9. The molecule has 1 amide bonds. The molecule has 0 radical (unpaired) electrons. The molecule has 0 spiro atoms. The van der Waals surface area contributed by atoms with E-state index in [9.17, 15) is 4.79 Å². The van der Waals surface area contributed by atoms with E-state index in [1.807, 2.05) is 0 Å². The lowest BCUT2D eigenvalue weighted by Crippen LogP contribution is -2.41. The Balaban J connectivity index is 0.000000720. The molecule has 0 aromatic heterocycles. The highest BCUT2D eigenvalue weighted by molar-refractivity contribution is 5.85. The molecule has 1 saturated carbocycles. The van der Waals surface area contributed by atoms with E-state index in [-0.39, 0.29) is 30.3 Å². The van der Waals surface area contributed by atoms with Gasteiger partial charge in [-0.05, 0) is 18.3 Å². The van der Waals surface area contributed by atoms with E-state index in [0.717, 1.165) is 6.42 Å². The normalized spacial score (nSPS) is 42.8. The molecule has 2 aliphatic rings. The van der Waals surface area contributed by atoms with Gasteiger partial charge in [0.25, 0.3) is 0 Å². The van der Waals surface area contributed by atoms with Crippen LogP contribution in [0, 0.1) is 17.8 Å². The van der Waals surface area contributed by atoms with Crippen LogP contribution in [0.15, 0.2) is 12.2 Å². The molecule has 4 N–H and O–H groups in total. The Morgan fingerprint density at radius 2 is 1.92 bits per heavy atom. The molecular weight excluding hydrogens is 176 g/mol. The minimum Gasteiger partial charge on any atom is -0.369 e. The third-order valence-corrected chi connectivity index (χ3v) is 2.85. The molecule has 1 fully saturated rings. The summed E-state index contributed by atoms with van der Waals surface area (Å²) in [6.07, 6.45) is 5.20. The zero-order valence-electron chi connectivity index (χ0n) is 6.64. The highest BCUT2D eigenvalue weighted by Gasteiger charge is 2.45. The summed E-state index contributed by atoms with van der Waals surface area (Å²) in [5.41, 5.74) is 11.0. The van der Waals surface area contributed by atoms with E-state index in [0.29, 0.717) is 11.8 Å². The average Bonchev–Trinajstić information content (AvgIpc) is 2.44. The van der Waals surface area contributed by atoms with Gasteiger partial charge in [0.1, 0.15) is 0 Å². The van der Waals surface area contributed by atoms with Crippen LogP contribution in [0.4, 0.5) is 0 Å². The third kappa shape index (κ3) is 1.13. The lowest BCUT2D eigenvalue weighted by atomic mass is 9.89. The van der Waals surface area contributed by atoms with Gasteiger partial charge in [0.15, 0.2) is 0 Å². The molecule has 12 heavy (non-hydrogen) atoms. The summed E-state index contributed by atoms with van der Waals surface area (Å²) in [5.74, 6) is 0.379. The molecule has 3 nitrogen and oxygen atoms in total. The van der Waals surface area contributed by atoms with Gasteiger partial charge in [-0.1, -0.05) is 12.2 Å². The fourth-order valence-electron chi connectivity index (χ4n) is 2.26. The second-order valence-electron chi connectivity index (χ2n) is 3.45. The number of amides is 1. The minimum absolute atomic E-state index is 0. The van der Waals surface area contributed by atoms with E-state index >= 15 is 0 Å². The summed E-state index contributed by atoms with van der Waals surface area (Å²) >= 11 is 0. The van der Waals surface area contributed by atoms with Crippen LogP contribution in [0.1, 0.15) is 6.42 Å². The summed E-state index contributed by atoms with van der Waals surface area (Å²) in [6, 6.07) is -0.0255. The van der Waals surface area contributed by atoms with Gasteiger partial charge in [-0.15, -0.1) is 12.4 Å². The van der Waals surface area contributed by atoms with Gasteiger partial charge >= 0.3 is 0 Å². The van der Waals surface area contributed by atoms with E-state index in [4.69, 9.17) is 11.5 Å². The van der Waals surface area contributed by atoms with Crippen LogP contribution in [0.5, 0.6) is 0 Å². The average molecular weight is 189 g/mol.